The molecule has 1 aromatic heterocycles. The maximum atomic E-state index is 6.18. The van der Waals surface area contributed by atoms with Gasteiger partial charge < -0.3 is 10.1 Å². The fraction of sp³-hybridized carbons (Fsp3) is 0.231. The van der Waals surface area contributed by atoms with Crippen LogP contribution in [0.3, 0.4) is 0 Å². The van der Waals surface area contributed by atoms with Crippen molar-refractivity contribution in [2.45, 2.75) is 6.54 Å². The summed E-state index contributed by atoms with van der Waals surface area (Å²) in [6, 6.07) is 9.33. The second-order valence-corrected chi connectivity index (χ2v) is 4.19. The molecule has 0 saturated carbocycles. The third-order valence-electron chi connectivity index (χ3n) is 2.53. The molecule has 0 fully saturated rings. The minimum atomic E-state index is 0.602. The molecule has 2 aromatic rings. The summed E-state index contributed by atoms with van der Waals surface area (Å²) in [5, 5.41) is 11.9. The van der Waals surface area contributed by atoms with Crippen molar-refractivity contribution in [3.8, 4) is 17.0 Å². The van der Waals surface area contributed by atoms with Crippen molar-refractivity contribution in [2.75, 3.05) is 14.2 Å². The Morgan fingerprint density at radius 2 is 2.06 bits per heavy atom. The van der Waals surface area contributed by atoms with Crippen LogP contribution >= 0.6 is 11.6 Å². The van der Waals surface area contributed by atoms with Crippen molar-refractivity contribution < 1.29 is 4.74 Å². The lowest BCUT2D eigenvalue weighted by molar-refractivity contribution is 0.415. The smallest absolute Gasteiger partial charge is 0.120 e. The van der Waals surface area contributed by atoms with Crippen LogP contribution in [-0.4, -0.2) is 24.4 Å². The highest BCUT2D eigenvalue weighted by atomic mass is 35.5. The van der Waals surface area contributed by atoms with E-state index in [4.69, 9.17) is 16.3 Å². The molecule has 0 aliphatic carbocycles. The Labute approximate surface area is 111 Å². The molecule has 1 heterocycles. The normalized spacial score (nSPS) is 10.4. The number of benzene rings is 1. The molecule has 0 atom stereocenters. The predicted molar refractivity (Wildman–Crippen MR) is 71.8 cm³/mol. The van der Waals surface area contributed by atoms with Gasteiger partial charge in [-0.2, -0.15) is 10.2 Å². The minimum absolute atomic E-state index is 0.602. The Kier molecular flexibility index (Phi) is 4.12. The van der Waals surface area contributed by atoms with E-state index in [9.17, 15) is 0 Å². The van der Waals surface area contributed by atoms with Gasteiger partial charge in [-0.3, -0.25) is 0 Å². The van der Waals surface area contributed by atoms with Gasteiger partial charge in [0, 0.05) is 12.1 Å². The lowest BCUT2D eigenvalue weighted by atomic mass is 10.1. The van der Waals surface area contributed by atoms with Gasteiger partial charge in [0.1, 0.15) is 5.75 Å². The van der Waals surface area contributed by atoms with E-state index in [0.717, 1.165) is 22.7 Å². The van der Waals surface area contributed by atoms with Gasteiger partial charge in [-0.1, -0.05) is 11.6 Å². The van der Waals surface area contributed by atoms with Crippen molar-refractivity contribution in [2.24, 2.45) is 0 Å². The number of methoxy groups -OCH3 is 1. The van der Waals surface area contributed by atoms with Crippen molar-refractivity contribution in [1.82, 2.24) is 15.5 Å². The van der Waals surface area contributed by atoms with Crippen LogP contribution in [0, 0.1) is 0 Å². The third-order valence-corrected chi connectivity index (χ3v) is 2.84. The molecule has 0 aliphatic heterocycles. The lowest BCUT2D eigenvalue weighted by Gasteiger charge is -2.06. The molecule has 94 valence electrons. The van der Waals surface area contributed by atoms with E-state index in [2.05, 4.69) is 15.5 Å². The zero-order valence-electron chi connectivity index (χ0n) is 10.3. The minimum Gasteiger partial charge on any atom is -0.497 e. The molecule has 0 unspecified atom stereocenters. The van der Waals surface area contributed by atoms with Gasteiger partial charge in [0.15, 0.2) is 0 Å². The third kappa shape index (κ3) is 2.78. The maximum absolute atomic E-state index is 6.18. The molecule has 4 nitrogen and oxygen atoms in total. The first-order valence-corrected chi connectivity index (χ1v) is 5.93. The zero-order chi connectivity index (χ0) is 13.0. The average Bonchev–Trinajstić information content (AvgIpc) is 2.40. The van der Waals surface area contributed by atoms with Gasteiger partial charge in [-0.05, 0) is 37.4 Å². The van der Waals surface area contributed by atoms with Crippen LogP contribution < -0.4 is 10.1 Å². The molecule has 1 N–H and O–H groups in total. The summed E-state index contributed by atoms with van der Waals surface area (Å²) in [4.78, 5) is 0. The highest BCUT2D eigenvalue weighted by molar-refractivity contribution is 6.33. The second-order valence-electron chi connectivity index (χ2n) is 3.79. The van der Waals surface area contributed by atoms with Crippen LogP contribution in [0.5, 0.6) is 5.75 Å². The van der Waals surface area contributed by atoms with Gasteiger partial charge >= 0.3 is 0 Å². The van der Waals surface area contributed by atoms with Crippen molar-refractivity contribution >= 4 is 11.6 Å². The van der Waals surface area contributed by atoms with E-state index in [0.29, 0.717) is 11.6 Å². The van der Waals surface area contributed by atoms with Crippen molar-refractivity contribution in [3.05, 3.63) is 41.0 Å². The summed E-state index contributed by atoms with van der Waals surface area (Å²) >= 11 is 6.18. The summed E-state index contributed by atoms with van der Waals surface area (Å²) < 4.78 is 5.11. The van der Waals surface area contributed by atoms with E-state index in [1.807, 2.05) is 31.3 Å². The Hall–Kier alpha value is -1.65. The number of hydrogen-bond donors (Lipinski definition) is 1. The molecule has 0 spiro atoms. The molecular weight excluding hydrogens is 250 g/mol. The molecule has 5 heteroatoms. The lowest BCUT2D eigenvalue weighted by Crippen LogP contribution is -2.07. The number of rotatable bonds is 4. The average molecular weight is 264 g/mol. The Morgan fingerprint density at radius 3 is 2.61 bits per heavy atom. The zero-order valence-corrected chi connectivity index (χ0v) is 11.0. The number of nitrogens with zero attached hydrogens (tertiary/aromatic N) is 2. The molecule has 0 saturated heterocycles. The largest absolute Gasteiger partial charge is 0.497 e. The first-order chi connectivity index (χ1) is 8.74. The van der Waals surface area contributed by atoms with Crippen LogP contribution in [-0.2, 0) is 6.54 Å². The first kappa shape index (κ1) is 12.8. The fourth-order valence-electron chi connectivity index (χ4n) is 1.61. The SMILES string of the molecule is CNCc1ccc(-c2ccc(OC)cc2Cl)nn1. The van der Waals surface area contributed by atoms with E-state index < -0.39 is 0 Å². The summed E-state index contributed by atoms with van der Waals surface area (Å²) in [6.07, 6.45) is 0. The van der Waals surface area contributed by atoms with Gasteiger partial charge in [-0.15, -0.1) is 0 Å². The molecular formula is C13H14ClN3O. The Bertz CT molecular complexity index is 528. The quantitative estimate of drug-likeness (QED) is 0.921. The van der Waals surface area contributed by atoms with Crippen molar-refractivity contribution in [1.29, 1.82) is 0 Å². The number of aromatic nitrogens is 2. The number of nitrogens with one attached hydrogen (secondary N) is 1. The highest BCUT2D eigenvalue weighted by Gasteiger charge is 2.07. The predicted octanol–water partition coefficient (Wildman–Crippen LogP) is 2.53. The summed E-state index contributed by atoms with van der Waals surface area (Å²) in [7, 11) is 3.48. The molecule has 0 radical (unpaired) electrons. The Morgan fingerprint density at radius 1 is 1.22 bits per heavy atom. The standard InChI is InChI=1S/C13H14ClN3O/c1-15-8-9-3-6-13(17-16-9)11-5-4-10(18-2)7-12(11)14/h3-7,15H,8H2,1-2H3. The molecule has 0 amide bonds. The first-order valence-electron chi connectivity index (χ1n) is 5.55. The van der Waals surface area contributed by atoms with E-state index in [1.54, 1.807) is 13.2 Å². The molecule has 0 aliphatic rings. The molecule has 18 heavy (non-hydrogen) atoms. The van der Waals surface area contributed by atoms with Crippen LogP contribution in [0.2, 0.25) is 5.02 Å². The highest BCUT2D eigenvalue weighted by Crippen LogP contribution is 2.29. The topological polar surface area (TPSA) is 47.0 Å². The second kappa shape index (κ2) is 5.80. The van der Waals surface area contributed by atoms with Gasteiger partial charge in [-0.25, -0.2) is 0 Å². The molecule has 0 bridgehead atoms. The van der Waals surface area contributed by atoms with Crippen LogP contribution in [0.1, 0.15) is 5.69 Å². The number of hydrogen-bond acceptors (Lipinski definition) is 4. The van der Waals surface area contributed by atoms with E-state index in [1.165, 1.54) is 0 Å². The van der Waals surface area contributed by atoms with Gasteiger partial charge in [0.05, 0.1) is 23.5 Å². The number of ether oxygens (including phenoxy) is 1. The molecule has 2 rings (SSSR count). The monoisotopic (exact) mass is 263 g/mol. The van der Waals surface area contributed by atoms with Crippen LogP contribution in [0.15, 0.2) is 30.3 Å². The van der Waals surface area contributed by atoms with Crippen LogP contribution in [0.4, 0.5) is 0 Å². The van der Waals surface area contributed by atoms with E-state index >= 15 is 0 Å². The van der Waals surface area contributed by atoms with Gasteiger partial charge in [0.25, 0.3) is 0 Å². The summed E-state index contributed by atoms with van der Waals surface area (Å²) in [5.41, 5.74) is 2.49. The van der Waals surface area contributed by atoms with Crippen LogP contribution in [0.25, 0.3) is 11.3 Å². The van der Waals surface area contributed by atoms with Crippen molar-refractivity contribution in [3.63, 3.8) is 0 Å². The summed E-state index contributed by atoms with van der Waals surface area (Å²) in [5.74, 6) is 0.725. The Balaban J connectivity index is 2.30. The van der Waals surface area contributed by atoms with Gasteiger partial charge in [0.2, 0.25) is 0 Å². The van der Waals surface area contributed by atoms with E-state index in [-0.39, 0.29) is 0 Å². The maximum Gasteiger partial charge on any atom is 0.120 e. The summed E-state index contributed by atoms with van der Waals surface area (Å²) in [6.45, 7) is 0.698. The number of halogens is 1. The fourth-order valence-corrected chi connectivity index (χ4v) is 1.88. The molecule has 1 aromatic carbocycles.